The van der Waals surface area contributed by atoms with Crippen molar-refractivity contribution in [1.82, 2.24) is 0 Å². The van der Waals surface area contributed by atoms with Gasteiger partial charge in [0.05, 0.1) is 5.75 Å². The maximum Gasteiger partial charge on any atom is 0.265 e. The van der Waals surface area contributed by atoms with Crippen LogP contribution in [0.3, 0.4) is 0 Å². The van der Waals surface area contributed by atoms with Crippen molar-refractivity contribution in [1.29, 1.82) is 0 Å². The summed E-state index contributed by atoms with van der Waals surface area (Å²) >= 11 is 0. The fourth-order valence-corrected chi connectivity index (χ4v) is 1.08. The van der Waals surface area contributed by atoms with E-state index in [1.165, 1.54) is 0 Å². The van der Waals surface area contributed by atoms with Gasteiger partial charge in [0.25, 0.3) is 10.1 Å². The van der Waals surface area contributed by atoms with Gasteiger partial charge in [0.2, 0.25) is 0 Å². The first-order valence-corrected chi connectivity index (χ1v) is 3.81. The Morgan fingerprint density at radius 1 is 1.75 bits per heavy atom. The van der Waals surface area contributed by atoms with Crippen LogP contribution in [0.15, 0.2) is 0 Å². The molecule has 1 radical (unpaired) electrons. The van der Waals surface area contributed by atoms with Gasteiger partial charge in [0, 0.05) is 0 Å². The SMILES string of the molecule is [CH2]C(C)CS(=O)(=O)O. The van der Waals surface area contributed by atoms with E-state index >= 15 is 0 Å². The Hall–Kier alpha value is -0.0900. The predicted molar refractivity (Wildman–Crippen MR) is 30.9 cm³/mol. The van der Waals surface area contributed by atoms with Crippen LogP contribution in [0.2, 0.25) is 0 Å². The first-order valence-electron chi connectivity index (χ1n) is 2.20. The van der Waals surface area contributed by atoms with Gasteiger partial charge in [0.1, 0.15) is 0 Å². The Morgan fingerprint density at radius 3 is 2.12 bits per heavy atom. The quantitative estimate of drug-likeness (QED) is 0.558. The van der Waals surface area contributed by atoms with Gasteiger partial charge in [-0.05, 0) is 12.8 Å². The van der Waals surface area contributed by atoms with Crippen LogP contribution in [0.5, 0.6) is 0 Å². The normalized spacial score (nSPS) is 12.5. The lowest BCUT2D eigenvalue weighted by atomic mass is 10.3. The summed E-state index contributed by atoms with van der Waals surface area (Å²) < 4.78 is 28.0. The minimum Gasteiger partial charge on any atom is -0.286 e. The summed E-state index contributed by atoms with van der Waals surface area (Å²) in [6.07, 6.45) is 0. The first-order chi connectivity index (χ1) is 3.42. The zero-order valence-corrected chi connectivity index (χ0v) is 5.48. The smallest absolute Gasteiger partial charge is 0.265 e. The molecule has 0 aromatic carbocycles. The predicted octanol–water partition coefficient (Wildman–Crippen LogP) is 0.344. The molecular formula is C4H9O3S. The Balaban J connectivity index is 3.75. The van der Waals surface area contributed by atoms with Crippen molar-refractivity contribution < 1.29 is 13.0 Å². The lowest BCUT2D eigenvalue weighted by Gasteiger charge is -1.97. The molecule has 0 aliphatic heterocycles. The summed E-state index contributed by atoms with van der Waals surface area (Å²) in [7, 11) is -3.79. The largest absolute Gasteiger partial charge is 0.286 e. The van der Waals surface area contributed by atoms with E-state index in [0.717, 1.165) is 0 Å². The van der Waals surface area contributed by atoms with E-state index in [1.807, 2.05) is 0 Å². The van der Waals surface area contributed by atoms with Crippen molar-refractivity contribution in [3.63, 3.8) is 0 Å². The van der Waals surface area contributed by atoms with Gasteiger partial charge in [-0.15, -0.1) is 0 Å². The number of rotatable bonds is 2. The molecule has 0 aliphatic rings. The van der Waals surface area contributed by atoms with E-state index < -0.39 is 10.1 Å². The fraction of sp³-hybridized carbons (Fsp3) is 0.750. The third-order valence-corrected chi connectivity index (χ3v) is 1.49. The van der Waals surface area contributed by atoms with Crippen molar-refractivity contribution in [2.24, 2.45) is 5.92 Å². The topological polar surface area (TPSA) is 54.4 Å². The highest BCUT2D eigenvalue weighted by molar-refractivity contribution is 7.85. The van der Waals surface area contributed by atoms with Crippen LogP contribution in [-0.2, 0) is 10.1 Å². The van der Waals surface area contributed by atoms with Crippen molar-refractivity contribution in [3.8, 4) is 0 Å². The molecule has 1 unspecified atom stereocenters. The third kappa shape index (κ3) is 5.91. The molecule has 0 fully saturated rings. The van der Waals surface area contributed by atoms with E-state index in [2.05, 4.69) is 6.92 Å². The molecule has 0 saturated heterocycles. The van der Waals surface area contributed by atoms with Crippen LogP contribution in [0.25, 0.3) is 0 Å². The van der Waals surface area contributed by atoms with Gasteiger partial charge in [-0.25, -0.2) is 0 Å². The maximum absolute atomic E-state index is 9.96. The minimum atomic E-state index is -3.79. The van der Waals surface area contributed by atoms with Gasteiger partial charge in [0.15, 0.2) is 0 Å². The lowest BCUT2D eigenvalue weighted by molar-refractivity contribution is 0.477. The maximum atomic E-state index is 9.96. The van der Waals surface area contributed by atoms with Crippen molar-refractivity contribution in [2.75, 3.05) is 5.75 Å². The molecular weight excluding hydrogens is 128 g/mol. The Bertz CT molecular complexity index is 145. The zero-order valence-electron chi connectivity index (χ0n) is 4.66. The molecule has 1 N–H and O–H groups in total. The van der Waals surface area contributed by atoms with Gasteiger partial charge >= 0.3 is 0 Å². The number of hydrogen-bond acceptors (Lipinski definition) is 2. The van der Waals surface area contributed by atoms with Crippen LogP contribution < -0.4 is 0 Å². The number of hydrogen-bond donors (Lipinski definition) is 1. The van der Waals surface area contributed by atoms with Gasteiger partial charge < -0.3 is 0 Å². The summed E-state index contributed by atoms with van der Waals surface area (Å²) in [6, 6.07) is 0. The highest BCUT2D eigenvalue weighted by atomic mass is 32.2. The van der Waals surface area contributed by atoms with Crippen LogP contribution in [0.1, 0.15) is 6.92 Å². The molecule has 49 valence electrons. The molecule has 0 aromatic rings. The molecule has 0 aliphatic carbocycles. The van der Waals surface area contributed by atoms with Gasteiger partial charge in [-0.1, -0.05) is 6.92 Å². The Morgan fingerprint density at radius 2 is 2.12 bits per heavy atom. The molecule has 4 heteroatoms. The standard InChI is InChI=1S/C4H9O3S/c1-4(2)3-8(5,6)7/h4H,1,3H2,2H3,(H,5,6,7). The second-order valence-electron chi connectivity index (χ2n) is 1.85. The van der Waals surface area contributed by atoms with Crippen LogP contribution in [0.4, 0.5) is 0 Å². The summed E-state index contributed by atoms with van der Waals surface area (Å²) in [4.78, 5) is 0. The summed E-state index contributed by atoms with van der Waals surface area (Å²) in [5, 5.41) is 0. The fourth-order valence-electron chi connectivity index (χ4n) is 0.360. The minimum absolute atomic E-state index is 0.245. The monoisotopic (exact) mass is 137 g/mol. The zero-order chi connectivity index (χ0) is 6.78. The molecule has 0 spiro atoms. The molecule has 0 bridgehead atoms. The van der Waals surface area contributed by atoms with E-state index in [1.54, 1.807) is 6.92 Å². The summed E-state index contributed by atoms with van der Waals surface area (Å²) in [5.74, 6) is -0.502. The Kier molecular flexibility index (Phi) is 2.43. The van der Waals surface area contributed by atoms with Gasteiger partial charge in [-0.3, -0.25) is 4.55 Å². The van der Waals surface area contributed by atoms with E-state index in [0.29, 0.717) is 0 Å². The average Bonchev–Trinajstić information content (AvgIpc) is 1.21. The van der Waals surface area contributed by atoms with E-state index in [4.69, 9.17) is 4.55 Å². The second kappa shape index (κ2) is 2.46. The molecule has 0 heterocycles. The second-order valence-corrected chi connectivity index (χ2v) is 3.35. The van der Waals surface area contributed by atoms with Crippen LogP contribution in [-0.4, -0.2) is 18.7 Å². The van der Waals surface area contributed by atoms with Crippen molar-refractivity contribution >= 4 is 10.1 Å². The highest BCUT2D eigenvalue weighted by Crippen LogP contribution is 1.94. The molecule has 8 heavy (non-hydrogen) atoms. The van der Waals surface area contributed by atoms with E-state index in [-0.39, 0.29) is 11.7 Å². The molecule has 1 atom stereocenters. The lowest BCUT2D eigenvalue weighted by Crippen LogP contribution is -2.09. The molecule has 0 rings (SSSR count). The van der Waals surface area contributed by atoms with Crippen molar-refractivity contribution in [2.45, 2.75) is 6.92 Å². The molecule has 3 nitrogen and oxygen atoms in total. The van der Waals surface area contributed by atoms with Crippen molar-refractivity contribution in [3.05, 3.63) is 6.92 Å². The summed E-state index contributed by atoms with van der Waals surface area (Å²) in [5.41, 5.74) is 0. The highest BCUT2D eigenvalue weighted by Gasteiger charge is 2.06. The van der Waals surface area contributed by atoms with Gasteiger partial charge in [-0.2, -0.15) is 8.42 Å². The van der Waals surface area contributed by atoms with Crippen LogP contribution >= 0.6 is 0 Å². The molecule has 0 aromatic heterocycles. The third-order valence-electron chi connectivity index (χ3n) is 0.495. The summed E-state index contributed by atoms with van der Waals surface area (Å²) in [6.45, 7) is 5.00. The molecule has 0 amide bonds. The first kappa shape index (κ1) is 7.91. The molecule has 0 saturated carbocycles. The van der Waals surface area contributed by atoms with Crippen LogP contribution in [0, 0.1) is 12.8 Å². The van der Waals surface area contributed by atoms with E-state index in [9.17, 15) is 8.42 Å². The average molecular weight is 137 g/mol. The Labute approximate surface area is 49.5 Å².